The van der Waals surface area contributed by atoms with E-state index < -0.39 is 17.8 Å². The third-order valence-electron chi connectivity index (χ3n) is 3.54. The second-order valence-corrected chi connectivity index (χ2v) is 4.95. The van der Waals surface area contributed by atoms with Gasteiger partial charge in [-0.15, -0.1) is 13.2 Å². The first-order valence-electron chi connectivity index (χ1n) is 5.95. The Morgan fingerprint density at radius 1 is 1.41 bits per heavy atom. The number of rotatable bonds is 7. The van der Waals surface area contributed by atoms with Gasteiger partial charge in [-0.25, -0.2) is 0 Å². The van der Waals surface area contributed by atoms with E-state index >= 15 is 0 Å². The number of hydrogen-bond acceptors (Lipinski definition) is 4. The van der Waals surface area contributed by atoms with Gasteiger partial charge in [0.2, 0.25) is 0 Å². The second-order valence-electron chi connectivity index (χ2n) is 4.95. The molecule has 2 N–H and O–H groups in total. The van der Waals surface area contributed by atoms with Crippen molar-refractivity contribution < 1.29 is 19.7 Å². The Morgan fingerprint density at radius 2 is 2.12 bits per heavy atom. The van der Waals surface area contributed by atoms with Gasteiger partial charge in [-0.1, -0.05) is 12.2 Å². The molecule has 0 aromatic heterocycles. The number of epoxide rings is 2. The Balaban J connectivity index is 1.82. The molecule has 96 valence electrons. The van der Waals surface area contributed by atoms with Crippen molar-refractivity contribution in [2.45, 2.75) is 55.9 Å². The molecule has 2 saturated heterocycles. The smallest absolute Gasteiger partial charge is 0.123 e. The Hall–Kier alpha value is -0.680. The van der Waals surface area contributed by atoms with Gasteiger partial charge >= 0.3 is 0 Å². The first kappa shape index (κ1) is 12.8. The van der Waals surface area contributed by atoms with Crippen molar-refractivity contribution in [3.8, 4) is 0 Å². The van der Waals surface area contributed by atoms with Gasteiger partial charge in [0.05, 0.1) is 18.3 Å². The molecular formula is C13H20O4. The quantitative estimate of drug-likeness (QED) is 0.510. The zero-order chi connectivity index (χ0) is 12.6. The maximum atomic E-state index is 9.80. The van der Waals surface area contributed by atoms with Crippen LogP contribution in [0.1, 0.15) is 19.8 Å². The van der Waals surface area contributed by atoms with Crippen LogP contribution in [0.5, 0.6) is 0 Å². The predicted octanol–water partition coefficient (Wildman–Crippen LogP) is 0.785. The molecule has 6 atom stereocenters. The van der Waals surface area contributed by atoms with Crippen LogP contribution in [-0.2, 0) is 9.47 Å². The maximum Gasteiger partial charge on any atom is 0.123 e. The average Bonchev–Trinajstić information content (AvgIpc) is 3.16. The second kappa shape index (κ2) is 4.53. The predicted molar refractivity (Wildman–Crippen MR) is 63.6 cm³/mol. The highest BCUT2D eigenvalue weighted by molar-refractivity contribution is 5.16. The number of aliphatic hydroxyl groups is 2. The normalized spacial score (nSPS) is 42.6. The first-order chi connectivity index (χ1) is 8.02. The fourth-order valence-electron chi connectivity index (χ4n) is 2.38. The molecule has 2 rings (SSSR count). The van der Waals surface area contributed by atoms with Crippen LogP contribution in [0.2, 0.25) is 0 Å². The summed E-state index contributed by atoms with van der Waals surface area (Å²) in [4.78, 5) is 0. The van der Waals surface area contributed by atoms with Gasteiger partial charge in [0.1, 0.15) is 17.8 Å². The molecule has 2 aliphatic rings. The van der Waals surface area contributed by atoms with Crippen LogP contribution in [0.15, 0.2) is 25.3 Å². The molecule has 4 heteroatoms. The van der Waals surface area contributed by atoms with Crippen LogP contribution in [0.4, 0.5) is 0 Å². The minimum atomic E-state index is -0.538. The molecule has 2 fully saturated rings. The fourth-order valence-corrected chi connectivity index (χ4v) is 2.38. The molecule has 4 nitrogen and oxygen atoms in total. The number of ether oxygens (including phenoxy) is 2. The number of hydrogen-bond donors (Lipinski definition) is 2. The summed E-state index contributed by atoms with van der Waals surface area (Å²) in [6.07, 6.45) is 2.98. The monoisotopic (exact) mass is 240 g/mol. The van der Waals surface area contributed by atoms with Gasteiger partial charge in [0.15, 0.2) is 0 Å². The molecule has 0 aliphatic carbocycles. The van der Waals surface area contributed by atoms with Crippen LogP contribution < -0.4 is 0 Å². The van der Waals surface area contributed by atoms with Gasteiger partial charge in [-0.05, 0) is 13.3 Å². The van der Waals surface area contributed by atoms with Crippen molar-refractivity contribution in [1.29, 1.82) is 0 Å². The summed E-state index contributed by atoms with van der Waals surface area (Å²) in [6.45, 7) is 9.06. The van der Waals surface area contributed by atoms with Crippen molar-refractivity contribution in [2.24, 2.45) is 0 Å². The summed E-state index contributed by atoms with van der Waals surface area (Å²) < 4.78 is 11.1. The third kappa shape index (κ3) is 2.45. The van der Waals surface area contributed by atoms with Crippen LogP contribution in [0.25, 0.3) is 0 Å². The zero-order valence-electron chi connectivity index (χ0n) is 10.1. The molecule has 17 heavy (non-hydrogen) atoms. The van der Waals surface area contributed by atoms with E-state index in [-0.39, 0.29) is 18.3 Å². The van der Waals surface area contributed by atoms with Crippen molar-refractivity contribution >= 4 is 0 Å². The lowest BCUT2D eigenvalue weighted by molar-refractivity contribution is 0.137. The Morgan fingerprint density at radius 3 is 2.71 bits per heavy atom. The van der Waals surface area contributed by atoms with Crippen LogP contribution in [-0.4, -0.2) is 46.3 Å². The molecule has 0 amide bonds. The van der Waals surface area contributed by atoms with Crippen LogP contribution >= 0.6 is 0 Å². The highest BCUT2D eigenvalue weighted by Gasteiger charge is 2.68. The van der Waals surface area contributed by atoms with E-state index in [4.69, 9.17) is 9.47 Å². The summed E-state index contributed by atoms with van der Waals surface area (Å²) >= 11 is 0. The molecular weight excluding hydrogens is 220 g/mol. The van der Waals surface area contributed by atoms with E-state index in [0.717, 1.165) is 0 Å². The fraction of sp³-hybridized carbons (Fsp3) is 0.692. The molecule has 0 aromatic rings. The SMILES string of the molecule is C=CC[C@H](O)[C@@H]1O[C@]1(C)[C@@H]1O[C@H]1C[C@H](O)C=C. The summed E-state index contributed by atoms with van der Waals surface area (Å²) in [7, 11) is 0. The van der Waals surface area contributed by atoms with Crippen molar-refractivity contribution in [2.75, 3.05) is 0 Å². The van der Waals surface area contributed by atoms with E-state index in [9.17, 15) is 10.2 Å². The van der Waals surface area contributed by atoms with E-state index in [2.05, 4.69) is 13.2 Å². The summed E-state index contributed by atoms with van der Waals surface area (Å²) in [6, 6.07) is 0. The molecule has 0 bridgehead atoms. The summed E-state index contributed by atoms with van der Waals surface area (Å²) in [5.41, 5.74) is -0.409. The van der Waals surface area contributed by atoms with E-state index in [0.29, 0.717) is 12.8 Å². The third-order valence-corrected chi connectivity index (χ3v) is 3.54. The Kier molecular flexibility index (Phi) is 3.41. The molecule has 0 saturated carbocycles. The van der Waals surface area contributed by atoms with E-state index in [1.807, 2.05) is 6.92 Å². The molecule has 0 aromatic carbocycles. The largest absolute Gasteiger partial charge is 0.390 e. The first-order valence-corrected chi connectivity index (χ1v) is 5.95. The minimum Gasteiger partial charge on any atom is -0.390 e. The maximum absolute atomic E-state index is 9.80. The summed E-state index contributed by atoms with van der Waals surface area (Å²) in [5, 5.41) is 19.2. The van der Waals surface area contributed by atoms with Gasteiger partial charge in [0.25, 0.3) is 0 Å². The van der Waals surface area contributed by atoms with Gasteiger partial charge < -0.3 is 19.7 Å². The van der Waals surface area contributed by atoms with Crippen molar-refractivity contribution in [3.05, 3.63) is 25.3 Å². The molecule has 0 spiro atoms. The standard InChI is InChI=1S/C13H20O4/c1-4-6-9(15)11-13(3,17-11)12-10(16-12)7-8(14)5-2/h4-5,8-12,14-15H,1-2,6-7H2,3H3/t8-,9+,10+,11+,12-,13+/m1/s1. The summed E-state index contributed by atoms with van der Waals surface area (Å²) in [5.74, 6) is 0. The minimum absolute atomic E-state index is 0.00827. The molecule has 0 radical (unpaired) electrons. The van der Waals surface area contributed by atoms with Crippen molar-refractivity contribution in [1.82, 2.24) is 0 Å². The van der Waals surface area contributed by atoms with Crippen LogP contribution in [0.3, 0.4) is 0 Å². The highest BCUT2D eigenvalue weighted by Crippen LogP contribution is 2.51. The molecule has 2 heterocycles. The zero-order valence-corrected chi connectivity index (χ0v) is 10.1. The van der Waals surface area contributed by atoms with Gasteiger partial charge in [0, 0.05) is 6.42 Å². The Labute approximate surface area is 102 Å². The van der Waals surface area contributed by atoms with Crippen LogP contribution in [0, 0.1) is 0 Å². The lowest BCUT2D eigenvalue weighted by Gasteiger charge is -2.07. The average molecular weight is 240 g/mol. The lowest BCUT2D eigenvalue weighted by atomic mass is 9.95. The topological polar surface area (TPSA) is 65.5 Å². The van der Waals surface area contributed by atoms with Crippen molar-refractivity contribution in [3.63, 3.8) is 0 Å². The van der Waals surface area contributed by atoms with E-state index in [1.165, 1.54) is 6.08 Å². The lowest BCUT2D eigenvalue weighted by Crippen LogP contribution is -2.28. The van der Waals surface area contributed by atoms with E-state index in [1.54, 1.807) is 6.08 Å². The molecule has 2 aliphatic heterocycles. The Bertz CT molecular complexity index is 317. The highest BCUT2D eigenvalue weighted by atomic mass is 16.7. The van der Waals surface area contributed by atoms with Gasteiger partial charge in [-0.3, -0.25) is 0 Å². The number of aliphatic hydroxyl groups excluding tert-OH is 2. The van der Waals surface area contributed by atoms with Gasteiger partial charge in [-0.2, -0.15) is 0 Å². The molecule has 0 unspecified atom stereocenters.